The van der Waals surface area contributed by atoms with Crippen molar-refractivity contribution in [1.82, 2.24) is 26.0 Å². The van der Waals surface area contributed by atoms with Gasteiger partial charge in [-0.05, 0) is 66.0 Å². The summed E-state index contributed by atoms with van der Waals surface area (Å²) in [5.41, 5.74) is 4.87. The lowest BCUT2D eigenvalue weighted by Gasteiger charge is -2.40. The molecule has 0 bridgehead atoms. The topological polar surface area (TPSA) is 146 Å². The summed E-state index contributed by atoms with van der Waals surface area (Å²) >= 11 is 0. The average Bonchev–Trinajstić information content (AvgIpc) is 3.59. The molecule has 0 saturated carbocycles. The van der Waals surface area contributed by atoms with Crippen LogP contribution in [0.25, 0.3) is 0 Å². The van der Waals surface area contributed by atoms with E-state index in [0.717, 1.165) is 19.3 Å². The molecule has 13 heteroatoms. The highest BCUT2D eigenvalue weighted by Gasteiger charge is 2.63. The summed E-state index contributed by atoms with van der Waals surface area (Å²) in [7, 11) is 0. The van der Waals surface area contributed by atoms with Crippen LogP contribution in [0.1, 0.15) is 64.2 Å². The van der Waals surface area contributed by atoms with Crippen molar-refractivity contribution in [3.8, 4) is 0 Å². The first kappa shape index (κ1) is 29.4. The molecule has 0 aliphatic carbocycles. The van der Waals surface area contributed by atoms with E-state index in [4.69, 9.17) is 18.9 Å². The number of hydrogen-bond acceptors (Lipinski definition) is 11. The zero-order chi connectivity index (χ0) is 30.5. The number of rotatable bonds is 5. The molecule has 5 heterocycles. The van der Waals surface area contributed by atoms with Crippen LogP contribution < -0.4 is 16.1 Å². The Kier molecular flexibility index (Phi) is 7.61. The van der Waals surface area contributed by atoms with Crippen LogP contribution in [-0.4, -0.2) is 88.5 Å². The Morgan fingerprint density at radius 3 is 2.56 bits per heavy atom. The Hall–Kier alpha value is -3.65. The van der Waals surface area contributed by atoms with E-state index in [1.807, 2.05) is 24.9 Å². The second-order valence-electron chi connectivity index (χ2n) is 12.7. The third-order valence-electron chi connectivity index (χ3n) is 7.93. The largest absolute Gasteiger partial charge is 0.444 e. The van der Waals surface area contributed by atoms with Gasteiger partial charge in [-0.2, -0.15) is 0 Å². The normalized spacial score (nSPS) is 29.7. The van der Waals surface area contributed by atoms with Crippen molar-refractivity contribution in [1.29, 1.82) is 0 Å². The van der Waals surface area contributed by atoms with Gasteiger partial charge in [0.05, 0.1) is 30.4 Å². The van der Waals surface area contributed by atoms with Crippen LogP contribution in [0.15, 0.2) is 58.2 Å². The minimum Gasteiger partial charge on any atom is -0.444 e. The maximum Gasteiger partial charge on any atom is 0.411 e. The molecule has 0 aromatic heterocycles. The van der Waals surface area contributed by atoms with Crippen molar-refractivity contribution in [3.63, 3.8) is 0 Å². The highest BCUT2D eigenvalue weighted by atomic mass is 16.8. The van der Waals surface area contributed by atoms with Gasteiger partial charge < -0.3 is 34.7 Å². The van der Waals surface area contributed by atoms with Crippen molar-refractivity contribution in [2.75, 3.05) is 13.2 Å². The number of aliphatic hydroxyl groups is 1. The Labute approximate surface area is 250 Å². The molecule has 0 spiro atoms. The van der Waals surface area contributed by atoms with Gasteiger partial charge in [-0.15, -0.1) is 0 Å². The van der Waals surface area contributed by atoms with Gasteiger partial charge in [0.15, 0.2) is 11.6 Å². The first-order chi connectivity index (χ1) is 20.5. The molecule has 4 N–H and O–H groups in total. The van der Waals surface area contributed by atoms with Crippen LogP contribution in [0.4, 0.5) is 4.79 Å². The number of aliphatic imine (C=N–C) groups is 1. The first-order valence-electron chi connectivity index (χ1n) is 14.8. The fraction of sp³-hybridized carbons (Fsp3) is 0.567. The smallest absolute Gasteiger partial charge is 0.411 e. The van der Waals surface area contributed by atoms with Gasteiger partial charge in [0.1, 0.15) is 35.8 Å². The second kappa shape index (κ2) is 11.1. The third kappa shape index (κ3) is 5.57. The van der Waals surface area contributed by atoms with E-state index in [9.17, 15) is 14.7 Å². The van der Waals surface area contributed by atoms with E-state index in [0.29, 0.717) is 35.1 Å². The van der Waals surface area contributed by atoms with Crippen molar-refractivity contribution in [2.24, 2.45) is 4.99 Å². The zero-order valence-corrected chi connectivity index (χ0v) is 25.1. The Balaban J connectivity index is 1.47. The maximum absolute atomic E-state index is 13.9. The SMILES string of the molecule is CC(C)(C)OC(=O)N1[C@H](CO)[C@H]2OC(C)(C)O[C@H]2[C@@H]1C1=C2NC=NC(NC(=O)c3ccccc3)=C2NN1C1CCCCO1. The number of hydrazine groups is 1. The summed E-state index contributed by atoms with van der Waals surface area (Å²) < 4.78 is 24.8. The Morgan fingerprint density at radius 2 is 1.88 bits per heavy atom. The van der Waals surface area contributed by atoms with Crippen LogP contribution in [0.2, 0.25) is 0 Å². The predicted molar refractivity (Wildman–Crippen MR) is 155 cm³/mol. The van der Waals surface area contributed by atoms with Gasteiger partial charge in [0.2, 0.25) is 0 Å². The minimum absolute atomic E-state index is 0.305. The van der Waals surface area contributed by atoms with Crippen LogP contribution in [0, 0.1) is 0 Å². The molecule has 2 amide bonds. The Bertz CT molecular complexity index is 1350. The summed E-state index contributed by atoms with van der Waals surface area (Å²) in [6.45, 7) is 9.23. The lowest BCUT2D eigenvalue weighted by molar-refractivity contribution is -0.169. The third-order valence-corrected chi connectivity index (χ3v) is 7.93. The average molecular weight is 597 g/mol. The summed E-state index contributed by atoms with van der Waals surface area (Å²) in [5, 5.41) is 18.7. The van der Waals surface area contributed by atoms with E-state index in [2.05, 4.69) is 21.1 Å². The van der Waals surface area contributed by atoms with E-state index < -0.39 is 41.8 Å². The second-order valence-corrected chi connectivity index (χ2v) is 12.7. The number of hydrogen-bond donors (Lipinski definition) is 4. The van der Waals surface area contributed by atoms with Gasteiger partial charge in [0.25, 0.3) is 5.91 Å². The number of ether oxygens (including phenoxy) is 4. The van der Waals surface area contributed by atoms with Gasteiger partial charge in [-0.1, -0.05) is 18.2 Å². The summed E-state index contributed by atoms with van der Waals surface area (Å²) in [5.74, 6) is -0.957. The van der Waals surface area contributed by atoms with Crippen LogP contribution >= 0.6 is 0 Å². The number of fused-ring (bicyclic) bond motifs is 2. The molecule has 1 unspecified atom stereocenters. The minimum atomic E-state index is -0.945. The summed E-state index contributed by atoms with van der Waals surface area (Å²) in [4.78, 5) is 33.0. The van der Waals surface area contributed by atoms with E-state index in [-0.39, 0.29) is 18.7 Å². The number of nitrogens with zero attached hydrogens (tertiary/aromatic N) is 3. The van der Waals surface area contributed by atoms with Crippen LogP contribution in [0.5, 0.6) is 0 Å². The molecule has 5 aliphatic heterocycles. The van der Waals surface area contributed by atoms with Gasteiger partial charge in [0, 0.05) is 12.2 Å². The zero-order valence-electron chi connectivity index (χ0n) is 25.1. The van der Waals surface area contributed by atoms with Crippen molar-refractivity contribution in [3.05, 3.63) is 58.8 Å². The lowest BCUT2D eigenvalue weighted by Crippen LogP contribution is -2.54. The van der Waals surface area contributed by atoms with Gasteiger partial charge in [-0.3, -0.25) is 20.1 Å². The van der Waals surface area contributed by atoms with Crippen molar-refractivity contribution in [2.45, 2.75) is 95.8 Å². The fourth-order valence-electron chi connectivity index (χ4n) is 6.26. The monoisotopic (exact) mass is 596 g/mol. The van der Waals surface area contributed by atoms with E-state index in [1.54, 1.807) is 45.0 Å². The lowest BCUT2D eigenvalue weighted by atomic mass is 10.0. The Morgan fingerprint density at radius 1 is 1.14 bits per heavy atom. The van der Waals surface area contributed by atoms with Crippen molar-refractivity contribution >= 4 is 18.3 Å². The molecule has 0 radical (unpaired) electrons. The number of carbonyl (C=O) groups is 2. The number of nitrogens with one attached hydrogen (secondary N) is 3. The number of likely N-dealkylation sites (tertiary alicyclic amines) is 1. The number of carbonyl (C=O) groups excluding carboxylic acids is 2. The molecule has 3 saturated heterocycles. The van der Waals surface area contributed by atoms with Crippen molar-refractivity contribution < 1.29 is 33.6 Å². The predicted octanol–water partition coefficient (Wildman–Crippen LogP) is 2.28. The highest BCUT2D eigenvalue weighted by Crippen LogP contribution is 2.46. The number of aliphatic hydroxyl groups excluding tert-OH is 1. The molecular formula is C30H40N6O7. The van der Waals surface area contributed by atoms with Crippen LogP contribution in [0.3, 0.4) is 0 Å². The molecule has 13 nitrogen and oxygen atoms in total. The van der Waals surface area contributed by atoms with Crippen LogP contribution in [-0.2, 0) is 18.9 Å². The fourth-order valence-corrected chi connectivity index (χ4v) is 6.26. The molecule has 6 rings (SSSR count). The first-order valence-corrected chi connectivity index (χ1v) is 14.8. The standard InChI is InChI=1S/C30H40N6O7/c1-29(2,3)43-28(39)35-18(15-37)24-25(42-30(4,5)41-24)23(35)22-20-21(34-36(22)19-13-9-10-14-40-19)26(32-16-31-20)33-27(38)17-11-7-6-8-12-17/h6-8,11-12,16,18-19,23-25,34,37H,9-10,13-15H2,1-5H3,(H,31,32)(H,33,38)/t18-,19?,23+,24-,25+/m1/s1. The molecule has 43 heavy (non-hydrogen) atoms. The molecule has 1 aromatic carbocycles. The van der Waals surface area contributed by atoms with Gasteiger partial charge >= 0.3 is 6.09 Å². The molecule has 1 aromatic rings. The number of benzene rings is 1. The molecule has 5 atom stereocenters. The maximum atomic E-state index is 13.9. The molecule has 5 aliphatic rings. The highest BCUT2D eigenvalue weighted by molar-refractivity contribution is 5.95. The molecule has 232 valence electrons. The molecule has 3 fully saturated rings. The van der Waals surface area contributed by atoms with Gasteiger partial charge in [-0.25, -0.2) is 9.79 Å². The summed E-state index contributed by atoms with van der Waals surface area (Å²) in [6.07, 6.45) is 1.86. The van der Waals surface area contributed by atoms with E-state index in [1.165, 1.54) is 11.2 Å². The summed E-state index contributed by atoms with van der Waals surface area (Å²) in [6, 6.07) is 7.39. The van der Waals surface area contributed by atoms with E-state index >= 15 is 0 Å². The number of amides is 2. The quantitative estimate of drug-likeness (QED) is 0.399. The molecular weight excluding hydrogens is 556 g/mol.